The van der Waals surface area contributed by atoms with Crippen molar-refractivity contribution < 1.29 is 18.7 Å². The molecule has 3 rings (SSSR count). The van der Waals surface area contributed by atoms with Crippen LogP contribution in [0.15, 0.2) is 48.2 Å². The van der Waals surface area contributed by atoms with Gasteiger partial charge < -0.3 is 10.1 Å². The average Bonchev–Trinajstić information content (AvgIpc) is 2.87. The zero-order valence-corrected chi connectivity index (χ0v) is 16.5. The predicted molar refractivity (Wildman–Crippen MR) is 107 cm³/mol. The monoisotopic (exact) mass is 402 g/mol. The molecule has 0 fully saturated rings. The van der Waals surface area contributed by atoms with Crippen LogP contribution in [0.5, 0.6) is 5.75 Å². The van der Waals surface area contributed by atoms with E-state index in [2.05, 4.69) is 5.32 Å². The molecule has 1 aliphatic heterocycles. The number of nitrogens with one attached hydrogen (secondary N) is 1. The van der Waals surface area contributed by atoms with Crippen molar-refractivity contribution in [2.24, 2.45) is 5.92 Å². The van der Waals surface area contributed by atoms with Crippen LogP contribution in [0.25, 0.3) is 5.57 Å². The highest BCUT2D eigenvalue weighted by molar-refractivity contribution is 6.36. The molecule has 2 aromatic carbocycles. The number of ether oxygens (including phenoxy) is 1. The Kier molecular flexibility index (Phi) is 5.70. The maximum absolute atomic E-state index is 13.4. The summed E-state index contributed by atoms with van der Waals surface area (Å²) in [6, 6.07) is 10.4. The summed E-state index contributed by atoms with van der Waals surface area (Å²) in [5.41, 5.74) is 1.21. The second-order valence-electron chi connectivity index (χ2n) is 6.84. The van der Waals surface area contributed by atoms with Crippen molar-refractivity contribution in [3.63, 3.8) is 0 Å². The zero-order chi connectivity index (χ0) is 20.4. The summed E-state index contributed by atoms with van der Waals surface area (Å²) in [5, 5.41) is 3.46. The number of hydrogen-bond acceptors (Lipinski definition) is 4. The number of carbonyl (C=O) groups is 2. The topological polar surface area (TPSA) is 58.6 Å². The molecule has 0 radical (unpaired) electrons. The molecule has 0 saturated heterocycles. The van der Waals surface area contributed by atoms with Crippen LogP contribution in [-0.4, -0.2) is 30.4 Å². The first-order valence-electron chi connectivity index (χ1n) is 8.78. The van der Waals surface area contributed by atoms with Crippen LogP contribution in [-0.2, 0) is 9.59 Å². The number of rotatable bonds is 6. The summed E-state index contributed by atoms with van der Waals surface area (Å²) >= 11 is 6.08. The third kappa shape index (κ3) is 3.87. The molecule has 0 unspecified atom stereocenters. The molecule has 7 heteroatoms. The van der Waals surface area contributed by atoms with Crippen molar-refractivity contribution >= 4 is 34.7 Å². The number of hydrogen-bond donors (Lipinski definition) is 1. The molecule has 0 bridgehead atoms. The standard InChI is InChI=1S/C21H20ClFN2O3/c1-12(2)11-25-20(26)18(13-4-7-15(23)8-5-13)19(21(25)27)24-16-10-14(22)6-9-17(16)28-3/h4-10,12,24H,11H2,1-3H3. The van der Waals surface area contributed by atoms with E-state index in [1.165, 1.54) is 36.3 Å². The molecule has 0 aliphatic carbocycles. The molecular weight excluding hydrogens is 383 g/mol. The van der Waals surface area contributed by atoms with Crippen molar-refractivity contribution in [3.05, 3.63) is 64.6 Å². The number of carbonyl (C=O) groups excluding carboxylic acids is 2. The smallest absolute Gasteiger partial charge is 0.278 e. The number of amides is 2. The maximum Gasteiger partial charge on any atom is 0.278 e. The van der Waals surface area contributed by atoms with Gasteiger partial charge in [0.2, 0.25) is 0 Å². The molecular formula is C21H20ClFN2O3. The zero-order valence-electron chi connectivity index (χ0n) is 15.8. The third-order valence-electron chi connectivity index (χ3n) is 4.27. The molecule has 1 heterocycles. The van der Waals surface area contributed by atoms with Crippen LogP contribution in [0, 0.1) is 11.7 Å². The van der Waals surface area contributed by atoms with Crippen LogP contribution in [0.3, 0.4) is 0 Å². The van der Waals surface area contributed by atoms with Gasteiger partial charge in [-0.1, -0.05) is 37.6 Å². The Labute approximate surface area is 167 Å². The van der Waals surface area contributed by atoms with E-state index >= 15 is 0 Å². The SMILES string of the molecule is COc1ccc(Cl)cc1NC1=C(c2ccc(F)cc2)C(=O)N(CC(C)C)C1=O. The minimum atomic E-state index is -0.444. The molecule has 0 spiro atoms. The lowest BCUT2D eigenvalue weighted by Crippen LogP contribution is -2.35. The Morgan fingerprint density at radius 1 is 1.11 bits per heavy atom. The van der Waals surface area contributed by atoms with Crippen LogP contribution in [0.1, 0.15) is 19.4 Å². The summed E-state index contributed by atoms with van der Waals surface area (Å²) in [5.74, 6) is -0.722. The quantitative estimate of drug-likeness (QED) is 0.730. The third-order valence-corrected chi connectivity index (χ3v) is 4.50. The fraction of sp³-hybridized carbons (Fsp3) is 0.238. The molecule has 146 valence electrons. The van der Waals surface area contributed by atoms with E-state index in [-0.39, 0.29) is 23.7 Å². The number of nitrogens with zero attached hydrogens (tertiary/aromatic N) is 1. The van der Waals surface area contributed by atoms with Gasteiger partial charge in [-0.15, -0.1) is 0 Å². The Balaban J connectivity index is 2.11. The van der Waals surface area contributed by atoms with Crippen molar-refractivity contribution in [2.75, 3.05) is 19.0 Å². The van der Waals surface area contributed by atoms with E-state index in [1.54, 1.807) is 18.2 Å². The Hall–Kier alpha value is -2.86. The van der Waals surface area contributed by atoms with Gasteiger partial charge in [-0.05, 0) is 41.8 Å². The van der Waals surface area contributed by atoms with E-state index in [0.717, 1.165) is 0 Å². The first-order valence-corrected chi connectivity index (χ1v) is 9.16. The molecule has 5 nitrogen and oxygen atoms in total. The van der Waals surface area contributed by atoms with Crippen molar-refractivity contribution in [3.8, 4) is 5.75 Å². The van der Waals surface area contributed by atoms with Crippen LogP contribution in [0.4, 0.5) is 10.1 Å². The molecule has 28 heavy (non-hydrogen) atoms. The minimum Gasteiger partial charge on any atom is -0.495 e. The highest BCUT2D eigenvalue weighted by Crippen LogP contribution is 2.35. The lowest BCUT2D eigenvalue weighted by atomic mass is 10.0. The highest BCUT2D eigenvalue weighted by Gasteiger charge is 2.39. The van der Waals surface area contributed by atoms with E-state index in [9.17, 15) is 14.0 Å². The van der Waals surface area contributed by atoms with Crippen LogP contribution < -0.4 is 10.1 Å². The average molecular weight is 403 g/mol. The Bertz CT molecular complexity index is 955. The normalized spacial score (nSPS) is 14.3. The minimum absolute atomic E-state index is 0.0995. The summed E-state index contributed by atoms with van der Waals surface area (Å²) < 4.78 is 18.7. The van der Waals surface area contributed by atoms with Gasteiger partial charge in [0, 0.05) is 11.6 Å². The van der Waals surface area contributed by atoms with Gasteiger partial charge in [0.05, 0.1) is 18.4 Å². The first kappa shape index (κ1) is 19.9. The van der Waals surface area contributed by atoms with Crippen LogP contribution >= 0.6 is 11.6 Å². The number of anilines is 1. The lowest BCUT2D eigenvalue weighted by molar-refractivity contribution is -0.137. The molecule has 1 aliphatic rings. The molecule has 0 atom stereocenters. The second-order valence-corrected chi connectivity index (χ2v) is 7.28. The maximum atomic E-state index is 13.4. The number of imide groups is 1. The summed E-state index contributed by atoms with van der Waals surface area (Å²) in [4.78, 5) is 27.2. The van der Waals surface area contributed by atoms with Gasteiger partial charge in [-0.3, -0.25) is 14.5 Å². The highest BCUT2D eigenvalue weighted by atomic mass is 35.5. The molecule has 0 saturated carbocycles. The lowest BCUT2D eigenvalue weighted by Gasteiger charge is -2.17. The molecule has 2 amide bonds. The Morgan fingerprint density at radius 3 is 2.39 bits per heavy atom. The predicted octanol–water partition coefficient (Wildman–Crippen LogP) is 4.34. The van der Waals surface area contributed by atoms with Gasteiger partial charge in [-0.25, -0.2) is 4.39 Å². The molecule has 0 aromatic heterocycles. The summed E-state index contributed by atoms with van der Waals surface area (Å²) in [6.07, 6.45) is 0. The van der Waals surface area contributed by atoms with Crippen molar-refractivity contribution in [1.82, 2.24) is 4.90 Å². The van der Waals surface area contributed by atoms with Crippen molar-refractivity contribution in [2.45, 2.75) is 13.8 Å². The van der Waals surface area contributed by atoms with Crippen molar-refractivity contribution in [1.29, 1.82) is 0 Å². The number of benzene rings is 2. The van der Waals surface area contributed by atoms with E-state index in [0.29, 0.717) is 22.0 Å². The van der Waals surface area contributed by atoms with Gasteiger partial charge in [0.1, 0.15) is 17.3 Å². The second kappa shape index (κ2) is 8.02. The van der Waals surface area contributed by atoms with E-state index in [4.69, 9.17) is 16.3 Å². The Morgan fingerprint density at radius 2 is 1.79 bits per heavy atom. The van der Waals surface area contributed by atoms with E-state index in [1.807, 2.05) is 13.8 Å². The summed E-state index contributed by atoms with van der Waals surface area (Å²) in [6.45, 7) is 4.12. The number of methoxy groups -OCH3 is 1. The number of halogens is 2. The van der Waals surface area contributed by atoms with Gasteiger partial charge >= 0.3 is 0 Å². The largest absolute Gasteiger partial charge is 0.495 e. The van der Waals surface area contributed by atoms with Gasteiger partial charge in [0.15, 0.2) is 0 Å². The first-order chi connectivity index (χ1) is 13.3. The van der Waals surface area contributed by atoms with Gasteiger partial charge in [0.25, 0.3) is 11.8 Å². The van der Waals surface area contributed by atoms with Crippen LogP contribution in [0.2, 0.25) is 5.02 Å². The fourth-order valence-corrected chi connectivity index (χ4v) is 3.19. The summed E-state index contributed by atoms with van der Waals surface area (Å²) in [7, 11) is 1.50. The molecule has 1 N–H and O–H groups in total. The molecule has 2 aromatic rings. The van der Waals surface area contributed by atoms with Gasteiger partial charge in [-0.2, -0.15) is 0 Å². The van der Waals surface area contributed by atoms with E-state index < -0.39 is 17.6 Å². The fourth-order valence-electron chi connectivity index (χ4n) is 3.02.